The second kappa shape index (κ2) is 12.2. The van der Waals surface area contributed by atoms with Crippen LogP contribution in [0, 0.1) is 11.8 Å². The highest BCUT2D eigenvalue weighted by atomic mass is 32.2. The average Bonchev–Trinajstić information content (AvgIpc) is 2.95. The fraction of sp³-hybridized carbons (Fsp3) is 0.323. The number of nitrogens with zero attached hydrogens (tertiary/aromatic N) is 2. The molecular weight excluding hydrogens is 478 g/mol. The van der Waals surface area contributed by atoms with Crippen molar-refractivity contribution < 1.29 is 4.79 Å². The quantitative estimate of drug-likeness (QED) is 0.226. The second-order valence-electron chi connectivity index (χ2n) is 9.85. The molecule has 6 heteroatoms. The first-order valence-electron chi connectivity index (χ1n) is 13.2. The van der Waals surface area contributed by atoms with E-state index >= 15 is 0 Å². The van der Waals surface area contributed by atoms with Gasteiger partial charge in [0.1, 0.15) is 0 Å². The summed E-state index contributed by atoms with van der Waals surface area (Å²) in [7, 11) is 0. The SMILES string of the molecule is O=C(NCCc1ccccc1)C1CCC(Cn2c(SCc3ccccc3)nc3ccccc3c2=O)CC1. The highest BCUT2D eigenvalue weighted by Crippen LogP contribution is 2.31. The van der Waals surface area contributed by atoms with E-state index in [9.17, 15) is 9.59 Å². The summed E-state index contributed by atoms with van der Waals surface area (Å²) in [6.07, 6.45) is 4.47. The van der Waals surface area contributed by atoms with Gasteiger partial charge in [0.25, 0.3) is 5.56 Å². The number of thioether (sulfide) groups is 1. The molecule has 0 unspecified atom stereocenters. The first-order chi connectivity index (χ1) is 18.2. The van der Waals surface area contributed by atoms with Crippen molar-refractivity contribution in [2.75, 3.05) is 6.54 Å². The number of aromatic nitrogens is 2. The molecule has 1 heterocycles. The van der Waals surface area contributed by atoms with Crippen molar-refractivity contribution in [2.45, 2.75) is 49.6 Å². The molecule has 4 aromatic rings. The summed E-state index contributed by atoms with van der Waals surface area (Å²) in [5.74, 6) is 1.36. The third kappa shape index (κ3) is 6.50. The molecule has 37 heavy (non-hydrogen) atoms. The van der Waals surface area contributed by atoms with Crippen LogP contribution in [0.4, 0.5) is 0 Å². The Hall–Kier alpha value is -3.38. The Morgan fingerprint density at radius 2 is 1.51 bits per heavy atom. The lowest BCUT2D eigenvalue weighted by Crippen LogP contribution is -2.35. The van der Waals surface area contributed by atoms with Crippen LogP contribution in [0.15, 0.2) is 94.9 Å². The van der Waals surface area contributed by atoms with Gasteiger partial charge in [0.2, 0.25) is 5.91 Å². The molecular formula is C31H33N3O2S. The van der Waals surface area contributed by atoms with Gasteiger partial charge < -0.3 is 5.32 Å². The Balaban J connectivity index is 1.22. The molecule has 1 aliphatic carbocycles. The molecule has 0 spiro atoms. The number of rotatable bonds is 9. The van der Waals surface area contributed by atoms with E-state index in [0.717, 1.165) is 48.5 Å². The summed E-state index contributed by atoms with van der Waals surface area (Å²) in [5.41, 5.74) is 3.22. The molecule has 1 amide bonds. The predicted molar refractivity (Wildman–Crippen MR) is 151 cm³/mol. The van der Waals surface area contributed by atoms with E-state index in [1.807, 2.05) is 65.2 Å². The van der Waals surface area contributed by atoms with Crippen molar-refractivity contribution in [1.29, 1.82) is 0 Å². The first-order valence-corrected chi connectivity index (χ1v) is 14.1. The summed E-state index contributed by atoms with van der Waals surface area (Å²) in [5, 5.41) is 4.57. The number of carbonyl (C=O) groups is 1. The maximum atomic E-state index is 13.5. The maximum absolute atomic E-state index is 13.5. The van der Waals surface area contributed by atoms with Gasteiger partial charge in [-0.2, -0.15) is 0 Å². The molecule has 0 atom stereocenters. The number of fused-ring (bicyclic) bond motifs is 1. The Morgan fingerprint density at radius 1 is 0.865 bits per heavy atom. The van der Waals surface area contributed by atoms with Gasteiger partial charge in [0, 0.05) is 24.8 Å². The molecule has 0 bridgehead atoms. The molecule has 1 saturated carbocycles. The van der Waals surface area contributed by atoms with Crippen LogP contribution in [0.1, 0.15) is 36.8 Å². The average molecular weight is 512 g/mol. The molecule has 1 fully saturated rings. The number of nitrogens with one attached hydrogen (secondary N) is 1. The topological polar surface area (TPSA) is 64.0 Å². The third-order valence-electron chi connectivity index (χ3n) is 7.25. The standard InChI is InChI=1S/C31H33N3O2S/c35-29(32-20-19-23-9-3-1-4-10-23)26-17-15-24(16-18-26)21-34-30(36)27-13-7-8-14-28(27)33-31(34)37-22-25-11-5-2-6-12-25/h1-14,24,26H,15-22H2,(H,32,35). The highest BCUT2D eigenvalue weighted by molar-refractivity contribution is 7.98. The minimum Gasteiger partial charge on any atom is -0.356 e. The zero-order valence-corrected chi connectivity index (χ0v) is 21.8. The fourth-order valence-corrected chi connectivity index (χ4v) is 6.09. The molecule has 5 rings (SSSR count). The number of carbonyl (C=O) groups excluding carboxylic acids is 1. The largest absolute Gasteiger partial charge is 0.356 e. The van der Waals surface area contributed by atoms with Crippen molar-refractivity contribution >= 4 is 28.6 Å². The molecule has 1 aromatic heterocycles. The van der Waals surface area contributed by atoms with Crippen molar-refractivity contribution in [3.63, 3.8) is 0 Å². The van der Waals surface area contributed by atoms with Crippen molar-refractivity contribution in [3.8, 4) is 0 Å². The molecule has 3 aromatic carbocycles. The van der Waals surface area contributed by atoms with E-state index < -0.39 is 0 Å². The highest BCUT2D eigenvalue weighted by Gasteiger charge is 2.27. The molecule has 0 aliphatic heterocycles. The van der Waals surface area contributed by atoms with Crippen LogP contribution in [-0.4, -0.2) is 22.0 Å². The van der Waals surface area contributed by atoms with Crippen molar-refractivity contribution in [1.82, 2.24) is 14.9 Å². The van der Waals surface area contributed by atoms with Gasteiger partial charge in [-0.05, 0) is 61.3 Å². The maximum Gasteiger partial charge on any atom is 0.262 e. The van der Waals surface area contributed by atoms with Gasteiger partial charge in [-0.25, -0.2) is 4.98 Å². The summed E-state index contributed by atoms with van der Waals surface area (Å²) < 4.78 is 1.88. The van der Waals surface area contributed by atoms with Crippen LogP contribution in [0.3, 0.4) is 0 Å². The van der Waals surface area contributed by atoms with Crippen LogP contribution in [0.25, 0.3) is 10.9 Å². The van der Waals surface area contributed by atoms with Gasteiger partial charge in [-0.1, -0.05) is 84.6 Å². The number of benzene rings is 3. The minimum atomic E-state index is 0.0296. The minimum absolute atomic E-state index is 0.0296. The van der Waals surface area contributed by atoms with Gasteiger partial charge >= 0.3 is 0 Å². The van der Waals surface area contributed by atoms with Gasteiger partial charge in [0.15, 0.2) is 5.16 Å². The summed E-state index contributed by atoms with van der Waals surface area (Å²) in [6.45, 7) is 1.32. The Kier molecular flexibility index (Phi) is 8.36. The number of hydrogen-bond donors (Lipinski definition) is 1. The van der Waals surface area contributed by atoms with Crippen LogP contribution >= 0.6 is 11.8 Å². The van der Waals surface area contributed by atoms with Crippen LogP contribution in [0.5, 0.6) is 0 Å². The normalized spacial score (nSPS) is 17.5. The zero-order valence-electron chi connectivity index (χ0n) is 21.0. The van der Waals surface area contributed by atoms with E-state index in [2.05, 4.69) is 29.6 Å². The fourth-order valence-electron chi connectivity index (χ4n) is 5.13. The zero-order chi connectivity index (χ0) is 25.5. The van der Waals surface area contributed by atoms with Gasteiger partial charge in [-0.15, -0.1) is 0 Å². The second-order valence-corrected chi connectivity index (χ2v) is 10.8. The van der Waals surface area contributed by atoms with Crippen LogP contribution < -0.4 is 10.9 Å². The third-order valence-corrected chi connectivity index (χ3v) is 8.30. The number of hydrogen-bond acceptors (Lipinski definition) is 4. The van der Waals surface area contributed by atoms with E-state index in [1.165, 1.54) is 11.1 Å². The summed E-state index contributed by atoms with van der Waals surface area (Å²) >= 11 is 1.62. The molecule has 0 saturated heterocycles. The van der Waals surface area contributed by atoms with Crippen molar-refractivity contribution in [2.24, 2.45) is 11.8 Å². The van der Waals surface area contributed by atoms with E-state index in [-0.39, 0.29) is 17.4 Å². The van der Waals surface area contributed by atoms with E-state index in [0.29, 0.717) is 24.4 Å². The molecule has 190 valence electrons. The first kappa shape index (κ1) is 25.3. The molecule has 5 nitrogen and oxygen atoms in total. The lowest BCUT2D eigenvalue weighted by Gasteiger charge is -2.28. The Morgan fingerprint density at radius 3 is 2.24 bits per heavy atom. The number of amides is 1. The van der Waals surface area contributed by atoms with Crippen LogP contribution in [-0.2, 0) is 23.5 Å². The monoisotopic (exact) mass is 511 g/mol. The smallest absolute Gasteiger partial charge is 0.262 e. The molecule has 1 N–H and O–H groups in total. The van der Waals surface area contributed by atoms with Gasteiger partial charge in [-0.3, -0.25) is 14.2 Å². The predicted octanol–water partition coefficient (Wildman–Crippen LogP) is 5.85. The molecule has 1 aliphatic rings. The summed E-state index contributed by atoms with van der Waals surface area (Å²) in [6, 6.07) is 28.1. The lowest BCUT2D eigenvalue weighted by atomic mass is 9.81. The van der Waals surface area contributed by atoms with Gasteiger partial charge in [0.05, 0.1) is 10.9 Å². The van der Waals surface area contributed by atoms with E-state index in [1.54, 1.807) is 11.8 Å². The van der Waals surface area contributed by atoms with E-state index in [4.69, 9.17) is 4.98 Å². The molecule has 0 radical (unpaired) electrons. The Bertz CT molecular complexity index is 1380. The van der Waals surface area contributed by atoms with Crippen LogP contribution in [0.2, 0.25) is 0 Å². The summed E-state index contributed by atoms with van der Waals surface area (Å²) in [4.78, 5) is 31.1. The Labute approximate surface area is 222 Å². The lowest BCUT2D eigenvalue weighted by molar-refractivity contribution is -0.126. The number of para-hydroxylation sites is 1. The van der Waals surface area contributed by atoms with Crippen molar-refractivity contribution in [3.05, 3.63) is 106 Å².